The molecule has 1 aromatic carbocycles. The van der Waals surface area contributed by atoms with Crippen LogP contribution >= 0.6 is 23.2 Å². The van der Waals surface area contributed by atoms with Gasteiger partial charge in [-0.05, 0) is 38.3 Å². The van der Waals surface area contributed by atoms with E-state index in [1.165, 1.54) is 6.42 Å². The van der Waals surface area contributed by atoms with Gasteiger partial charge in [-0.3, -0.25) is 0 Å². The highest BCUT2D eigenvalue weighted by Crippen LogP contribution is 2.31. The Bertz CT molecular complexity index is 450. The van der Waals surface area contributed by atoms with Crippen LogP contribution in [0.1, 0.15) is 30.9 Å². The average Bonchev–Trinajstić information content (AvgIpc) is 2.48. The van der Waals surface area contributed by atoms with Crippen LogP contribution in [0, 0.1) is 5.92 Å². The molecule has 21 heavy (non-hydrogen) atoms. The van der Waals surface area contributed by atoms with Crippen molar-refractivity contribution in [3.8, 4) is 0 Å². The Labute approximate surface area is 136 Å². The molecule has 0 bridgehead atoms. The number of halogens is 2. The van der Waals surface area contributed by atoms with Gasteiger partial charge in [0.25, 0.3) is 0 Å². The quantitative estimate of drug-likeness (QED) is 0.861. The van der Waals surface area contributed by atoms with Gasteiger partial charge in [0.1, 0.15) is 0 Å². The van der Waals surface area contributed by atoms with Gasteiger partial charge in [-0.2, -0.15) is 0 Å². The molecule has 1 aliphatic heterocycles. The normalized spacial score (nSPS) is 20.7. The first-order valence-electron chi connectivity index (χ1n) is 7.46. The molecule has 5 heteroatoms. The lowest BCUT2D eigenvalue weighted by Crippen LogP contribution is -2.32. The Balaban J connectivity index is 1.80. The van der Waals surface area contributed by atoms with Gasteiger partial charge in [-0.25, -0.2) is 0 Å². The molecule has 1 fully saturated rings. The van der Waals surface area contributed by atoms with Crippen molar-refractivity contribution in [3.63, 3.8) is 0 Å². The van der Waals surface area contributed by atoms with Crippen LogP contribution in [-0.2, 0) is 4.74 Å². The number of aliphatic hydroxyl groups is 1. The van der Waals surface area contributed by atoms with Crippen LogP contribution in [0.4, 0.5) is 0 Å². The minimum atomic E-state index is -0.582. The number of hydrogen-bond acceptors (Lipinski definition) is 3. The van der Waals surface area contributed by atoms with Crippen LogP contribution in [0.25, 0.3) is 0 Å². The maximum Gasteiger partial charge on any atom is 0.0817 e. The summed E-state index contributed by atoms with van der Waals surface area (Å²) in [6, 6.07) is 5.37. The molecule has 3 nitrogen and oxygen atoms in total. The van der Waals surface area contributed by atoms with Crippen LogP contribution in [0.2, 0.25) is 10.0 Å². The Hall–Kier alpha value is -0.320. The summed E-state index contributed by atoms with van der Waals surface area (Å²) in [4.78, 5) is 2.25. The zero-order valence-electron chi connectivity index (χ0n) is 12.4. The molecular weight excluding hydrogens is 309 g/mol. The Morgan fingerprint density at radius 3 is 2.95 bits per heavy atom. The van der Waals surface area contributed by atoms with Crippen LogP contribution in [0.15, 0.2) is 18.2 Å². The SMILES string of the molecule is CN(CCC(O)c1cccc(Cl)c1Cl)CC1CCCOC1. The van der Waals surface area contributed by atoms with E-state index >= 15 is 0 Å². The summed E-state index contributed by atoms with van der Waals surface area (Å²) in [6.45, 7) is 3.58. The first kappa shape index (κ1) is 17.0. The molecule has 0 saturated carbocycles. The number of rotatable bonds is 6. The largest absolute Gasteiger partial charge is 0.388 e. The average molecular weight is 332 g/mol. The molecule has 0 amide bonds. The number of benzene rings is 1. The fourth-order valence-electron chi connectivity index (χ4n) is 2.76. The monoisotopic (exact) mass is 331 g/mol. The van der Waals surface area contributed by atoms with E-state index in [1.807, 2.05) is 12.1 Å². The third-order valence-corrected chi connectivity index (χ3v) is 4.78. The highest BCUT2D eigenvalue weighted by Gasteiger charge is 2.18. The first-order valence-corrected chi connectivity index (χ1v) is 8.21. The summed E-state index contributed by atoms with van der Waals surface area (Å²) in [6.07, 6.45) is 2.44. The lowest BCUT2D eigenvalue weighted by Gasteiger charge is -2.27. The van der Waals surface area contributed by atoms with Crippen LogP contribution < -0.4 is 0 Å². The van der Waals surface area contributed by atoms with Crippen molar-refractivity contribution in [3.05, 3.63) is 33.8 Å². The zero-order valence-corrected chi connectivity index (χ0v) is 13.9. The minimum Gasteiger partial charge on any atom is -0.388 e. The van der Waals surface area contributed by atoms with E-state index in [1.54, 1.807) is 6.07 Å². The van der Waals surface area contributed by atoms with Crippen molar-refractivity contribution in [2.45, 2.75) is 25.4 Å². The molecule has 0 spiro atoms. The Morgan fingerprint density at radius 2 is 2.24 bits per heavy atom. The van der Waals surface area contributed by atoms with Crippen molar-refractivity contribution in [2.75, 3.05) is 33.4 Å². The zero-order chi connectivity index (χ0) is 15.2. The van der Waals surface area contributed by atoms with Crippen LogP contribution in [0.5, 0.6) is 0 Å². The fraction of sp³-hybridized carbons (Fsp3) is 0.625. The van der Waals surface area contributed by atoms with E-state index in [-0.39, 0.29) is 0 Å². The summed E-state index contributed by atoms with van der Waals surface area (Å²) in [7, 11) is 2.08. The first-order chi connectivity index (χ1) is 10.1. The maximum atomic E-state index is 10.3. The van der Waals surface area contributed by atoms with Crippen LogP contribution in [0.3, 0.4) is 0 Å². The molecule has 1 aliphatic rings. The number of nitrogens with zero attached hydrogens (tertiary/aromatic N) is 1. The highest BCUT2D eigenvalue weighted by atomic mass is 35.5. The second kappa shape index (κ2) is 8.35. The van der Waals surface area contributed by atoms with Crippen molar-refractivity contribution < 1.29 is 9.84 Å². The molecule has 2 rings (SSSR count). The number of aliphatic hydroxyl groups excluding tert-OH is 1. The van der Waals surface area contributed by atoms with Gasteiger partial charge >= 0.3 is 0 Å². The topological polar surface area (TPSA) is 32.7 Å². The van der Waals surface area contributed by atoms with Gasteiger partial charge in [0, 0.05) is 25.3 Å². The molecule has 1 saturated heterocycles. The van der Waals surface area contributed by atoms with E-state index in [4.69, 9.17) is 27.9 Å². The molecule has 1 aromatic rings. The molecule has 118 valence electrons. The maximum absolute atomic E-state index is 10.3. The molecule has 1 heterocycles. The van der Waals surface area contributed by atoms with Crippen molar-refractivity contribution in [2.24, 2.45) is 5.92 Å². The summed E-state index contributed by atoms with van der Waals surface area (Å²) < 4.78 is 5.50. The van der Waals surface area contributed by atoms with Crippen molar-refractivity contribution in [1.82, 2.24) is 4.90 Å². The van der Waals surface area contributed by atoms with Gasteiger partial charge in [-0.1, -0.05) is 35.3 Å². The van der Waals surface area contributed by atoms with Gasteiger partial charge in [0.15, 0.2) is 0 Å². The predicted octanol–water partition coefficient (Wildman–Crippen LogP) is 3.78. The van der Waals surface area contributed by atoms with Crippen LogP contribution in [-0.4, -0.2) is 43.4 Å². The highest BCUT2D eigenvalue weighted by molar-refractivity contribution is 6.42. The summed E-state index contributed by atoms with van der Waals surface area (Å²) in [5.74, 6) is 0.607. The third kappa shape index (κ3) is 5.11. The standard InChI is InChI=1S/C16H23Cl2NO2/c1-19(10-12-4-3-9-21-11-12)8-7-15(20)13-5-2-6-14(17)16(13)18/h2,5-6,12,15,20H,3-4,7-11H2,1H3. The van der Waals surface area contributed by atoms with Gasteiger partial charge in [-0.15, -0.1) is 0 Å². The molecule has 0 radical (unpaired) electrons. The van der Waals surface area contributed by atoms with E-state index in [0.29, 0.717) is 27.9 Å². The lowest BCUT2D eigenvalue weighted by molar-refractivity contribution is 0.0399. The Morgan fingerprint density at radius 1 is 1.43 bits per heavy atom. The van der Waals surface area contributed by atoms with E-state index in [0.717, 1.165) is 32.7 Å². The van der Waals surface area contributed by atoms with E-state index in [9.17, 15) is 5.11 Å². The van der Waals surface area contributed by atoms with E-state index in [2.05, 4.69) is 11.9 Å². The molecule has 1 N–H and O–H groups in total. The minimum absolute atomic E-state index is 0.454. The van der Waals surface area contributed by atoms with E-state index < -0.39 is 6.10 Å². The van der Waals surface area contributed by atoms with Gasteiger partial charge < -0.3 is 14.7 Å². The summed E-state index contributed by atoms with van der Waals surface area (Å²) in [5, 5.41) is 11.2. The predicted molar refractivity (Wildman–Crippen MR) is 87.1 cm³/mol. The fourth-order valence-corrected chi connectivity index (χ4v) is 3.19. The molecule has 0 aromatic heterocycles. The molecule has 2 atom stereocenters. The molecular formula is C16H23Cl2NO2. The number of ether oxygens (including phenoxy) is 1. The van der Waals surface area contributed by atoms with Gasteiger partial charge in [0.05, 0.1) is 22.8 Å². The lowest BCUT2D eigenvalue weighted by atomic mass is 10.0. The second-order valence-electron chi connectivity index (χ2n) is 5.79. The Kier molecular flexibility index (Phi) is 6.77. The second-order valence-corrected chi connectivity index (χ2v) is 6.58. The molecule has 0 aliphatic carbocycles. The molecule has 2 unspecified atom stereocenters. The summed E-state index contributed by atoms with van der Waals surface area (Å²) >= 11 is 12.1. The summed E-state index contributed by atoms with van der Waals surface area (Å²) in [5.41, 5.74) is 0.707. The smallest absolute Gasteiger partial charge is 0.0817 e. The number of hydrogen-bond donors (Lipinski definition) is 1. The van der Waals surface area contributed by atoms with Crippen molar-refractivity contribution in [1.29, 1.82) is 0 Å². The third-order valence-electron chi connectivity index (χ3n) is 3.95. The van der Waals surface area contributed by atoms with Gasteiger partial charge in [0.2, 0.25) is 0 Å². The van der Waals surface area contributed by atoms with Crippen molar-refractivity contribution >= 4 is 23.2 Å².